The number of nitrogens with zero attached hydrogens (tertiary/aromatic N) is 5. The molecule has 2 aromatic heterocycles. The van der Waals surface area contributed by atoms with E-state index in [9.17, 15) is 8.42 Å². The van der Waals surface area contributed by atoms with Crippen LogP contribution in [0.3, 0.4) is 0 Å². The Labute approximate surface area is 185 Å². The van der Waals surface area contributed by atoms with E-state index in [-0.39, 0.29) is 15.6 Å². The van der Waals surface area contributed by atoms with E-state index in [1.54, 1.807) is 30.3 Å². The van der Waals surface area contributed by atoms with E-state index in [4.69, 9.17) is 4.98 Å². The van der Waals surface area contributed by atoms with Gasteiger partial charge >= 0.3 is 0 Å². The van der Waals surface area contributed by atoms with Crippen LogP contribution in [-0.2, 0) is 16.4 Å². The van der Waals surface area contributed by atoms with Crippen molar-refractivity contribution in [2.75, 3.05) is 11.4 Å². The highest BCUT2D eigenvalue weighted by Crippen LogP contribution is 2.30. The summed E-state index contributed by atoms with van der Waals surface area (Å²) in [5.41, 5.74) is 2.11. The van der Waals surface area contributed by atoms with Crippen LogP contribution < -0.4 is 4.90 Å². The van der Waals surface area contributed by atoms with E-state index in [1.165, 1.54) is 4.52 Å². The maximum Gasteiger partial charge on any atom is 0.229 e. The van der Waals surface area contributed by atoms with Crippen LogP contribution in [0.5, 0.6) is 0 Å². The van der Waals surface area contributed by atoms with Gasteiger partial charge in [0.1, 0.15) is 5.82 Å². The molecule has 0 aliphatic heterocycles. The van der Waals surface area contributed by atoms with Crippen molar-refractivity contribution >= 4 is 32.2 Å². The molecule has 0 amide bonds. The molecule has 7 nitrogen and oxygen atoms in total. The molecular weight excluding hydrogens is 422 g/mol. The monoisotopic (exact) mass is 443 g/mol. The molecule has 0 radical (unpaired) electrons. The van der Waals surface area contributed by atoms with Gasteiger partial charge in [-0.1, -0.05) is 65.9 Å². The lowest BCUT2D eigenvalue weighted by molar-refractivity contribution is 0.592. The Morgan fingerprint density at radius 2 is 1.53 bits per heavy atom. The summed E-state index contributed by atoms with van der Waals surface area (Å²) >= 11 is 0. The maximum atomic E-state index is 13.3. The lowest BCUT2D eigenvalue weighted by Gasteiger charge is -2.24. The molecule has 0 bridgehead atoms. The van der Waals surface area contributed by atoms with E-state index in [2.05, 4.69) is 34.3 Å². The van der Waals surface area contributed by atoms with Crippen LogP contribution in [-0.4, -0.2) is 34.8 Å². The fourth-order valence-corrected chi connectivity index (χ4v) is 5.05. The normalized spacial score (nSPS) is 11.8. The largest absolute Gasteiger partial charge is 0.352 e. The van der Waals surface area contributed by atoms with Gasteiger partial charge in [0.05, 0.1) is 10.4 Å². The number of aromatic nitrogens is 4. The molecule has 0 unspecified atom stereocenters. The molecule has 0 spiro atoms. The number of hydrogen-bond acceptors (Lipinski definition) is 6. The summed E-state index contributed by atoms with van der Waals surface area (Å²) in [6.45, 7) is 3.40. The van der Waals surface area contributed by atoms with Crippen molar-refractivity contribution in [3.63, 3.8) is 0 Å². The molecule has 0 saturated carbocycles. The lowest BCUT2D eigenvalue weighted by Crippen LogP contribution is -2.24. The number of para-hydroxylation sites is 1. The van der Waals surface area contributed by atoms with Gasteiger partial charge in [-0.3, -0.25) is 0 Å². The predicted octanol–water partition coefficient (Wildman–Crippen LogP) is 4.14. The van der Waals surface area contributed by atoms with E-state index in [1.807, 2.05) is 42.5 Å². The number of hydrogen-bond donors (Lipinski definition) is 0. The summed E-state index contributed by atoms with van der Waals surface area (Å²) in [5, 5.41) is 8.94. The first-order valence-corrected chi connectivity index (χ1v) is 11.8. The van der Waals surface area contributed by atoms with E-state index < -0.39 is 9.84 Å². The predicted molar refractivity (Wildman–Crippen MR) is 123 cm³/mol. The molecule has 32 heavy (non-hydrogen) atoms. The molecule has 5 aromatic rings. The highest BCUT2D eigenvalue weighted by atomic mass is 32.2. The Balaban J connectivity index is 1.74. The van der Waals surface area contributed by atoms with Crippen LogP contribution in [0.1, 0.15) is 12.5 Å². The first-order valence-electron chi connectivity index (χ1n) is 10.3. The van der Waals surface area contributed by atoms with Crippen LogP contribution in [0.15, 0.2) is 94.9 Å². The summed E-state index contributed by atoms with van der Waals surface area (Å²) in [7, 11) is -3.87. The highest BCUT2D eigenvalue weighted by molar-refractivity contribution is 7.91. The molecule has 3 aromatic carbocycles. The molecule has 5 rings (SSSR count). The second-order valence-electron chi connectivity index (χ2n) is 7.40. The number of rotatable bonds is 6. The van der Waals surface area contributed by atoms with Crippen molar-refractivity contribution in [2.45, 2.75) is 23.4 Å². The number of fused-ring (bicyclic) bond motifs is 3. The fraction of sp³-hybridized carbons (Fsp3) is 0.125. The van der Waals surface area contributed by atoms with Crippen molar-refractivity contribution in [3.8, 4) is 0 Å². The van der Waals surface area contributed by atoms with Gasteiger partial charge in [0.25, 0.3) is 0 Å². The van der Waals surface area contributed by atoms with Gasteiger partial charge in [-0.15, -0.1) is 5.10 Å². The third kappa shape index (κ3) is 3.38. The van der Waals surface area contributed by atoms with Gasteiger partial charge < -0.3 is 4.90 Å². The van der Waals surface area contributed by atoms with Gasteiger partial charge in [-0.05, 0) is 36.8 Å². The molecule has 0 aliphatic rings. The Hall–Kier alpha value is -3.78. The van der Waals surface area contributed by atoms with Gasteiger partial charge in [0.15, 0.2) is 5.65 Å². The van der Waals surface area contributed by atoms with Crippen molar-refractivity contribution in [1.82, 2.24) is 19.8 Å². The standard InChI is InChI=1S/C24H21N5O2S/c1-2-28(17-18-11-5-3-6-12-18)22-20-15-9-10-16-21(20)29-23(25-22)24(26-27-29)32(30,31)19-13-7-4-8-14-19/h3-16H,2,17H2,1H3. The fourth-order valence-electron chi connectivity index (χ4n) is 3.79. The lowest BCUT2D eigenvalue weighted by atomic mass is 10.2. The zero-order valence-corrected chi connectivity index (χ0v) is 18.3. The number of benzene rings is 3. The maximum absolute atomic E-state index is 13.3. The highest BCUT2D eigenvalue weighted by Gasteiger charge is 2.27. The third-order valence-corrected chi connectivity index (χ3v) is 7.07. The molecule has 0 N–H and O–H groups in total. The Morgan fingerprint density at radius 3 is 2.25 bits per heavy atom. The first-order chi connectivity index (χ1) is 15.6. The minimum Gasteiger partial charge on any atom is -0.352 e. The Bertz CT molecular complexity index is 1500. The summed E-state index contributed by atoms with van der Waals surface area (Å²) in [4.78, 5) is 7.10. The zero-order chi connectivity index (χ0) is 22.1. The van der Waals surface area contributed by atoms with Crippen molar-refractivity contribution < 1.29 is 8.42 Å². The van der Waals surface area contributed by atoms with Crippen LogP contribution in [0.4, 0.5) is 5.82 Å². The topological polar surface area (TPSA) is 80.5 Å². The molecule has 2 heterocycles. The van der Waals surface area contributed by atoms with Crippen molar-refractivity contribution in [3.05, 3.63) is 90.5 Å². The van der Waals surface area contributed by atoms with Crippen molar-refractivity contribution in [1.29, 1.82) is 0 Å². The molecule has 0 fully saturated rings. The van der Waals surface area contributed by atoms with Gasteiger partial charge in [0.2, 0.25) is 14.9 Å². The van der Waals surface area contributed by atoms with E-state index >= 15 is 0 Å². The zero-order valence-electron chi connectivity index (χ0n) is 17.5. The Morgan fingerprint density at radius 1 is 0.875 bits per heavy atom. The van der Waals surface area contributed by atoms with Crippen LogP contribution in [0.2, 0.25) is 0 Å². The molecule has 0 atom stereocenters. The average molecular weight is 444 g/mol. The van der Waals surface area contributed by atoms with Crippen LogP contribution in [0.25, 0.3) is 16.6 Å². The summed E-state index contributed by atoms with van der Waals surface area (Å²) in [5.74, 6) is 0.700. The summed E-state index contributed by atoms with van der Waals surface area (Å²) in [6, 6.07) is 26.1. The second kappa shape index (κ2) is 8.05. The summed E-state index contributed by atoms with van der Waals surface area (Å²) < 4.78 is 28.1. The third-order valence-electron chi connectivity index (χ3n) is 5.41. The molecule has 160 valence electrons. The Kier molecular flexibility index (Phi) is 5.07. The van der Waals surface area contributed by atoms with Gasteiger partial charge in [0, 0.05) is 18.5 Å². The second-order valence-corrected chi connectivity index (χ2v) is 9.26. The smallest absolute Gasteiger partial charge is 0.229 e. The van der Waals surface area contributed by atoms with E-state index in [0.29, 0.717) is 18.9 Å². The average Bonchev–Trinajstić information content (AvgIpc) is 3.28. The molecule has 0 saturated heterocycles. The number of anilines is 1. The van der Waals surface area contributed by atoms with Crippen molar-refractivity contribution in [2.24, 2.45) is 0 Å². The minimum atomic E-state index is -3.87. The van der Waals surface area contributed by atoms with Gasteiger partial charge in [-0.25, -0.2) is 13.4 Å². The van der Waals surface area contributed by atoms with Crippen LogP contribution >= 0.6 is 0 Å². The molecule has 8 heteroatoms. The van der Waals surface area contributed by atoms with Crippen LogP contribution in [0, 0.1) is 0 Å². The van der Waals surface area contributed by atoms with E-state index in [0.717, 1.165) is 16.5 Å². The number of sulfone groups is 1. The first kappa shape index (κ1) is 20.1. The SMILES string of the molecule is CCN(Cc1ccccc1)c1nc2c(S(=O)(=O)c3ccccc3)nnn2c2ccccc12. The minimum absolute atomic E-state index is 0.147. The summed E-state index contributed by atoms with van der Waals surface area (Å²) in [6.07, 6.45) is 0. The molecule has 0 aliphatic carbocycles. The molecular formula is C24H21N5O2S. The quantitative estimate of drug-likeness (QED) is 0.392. The van der Waals surface area contributed by atoms with Gasteiger partial charge in [-0.2, -0.15) is 4.52 Å².